The molecule has 6 aliphatic rings. The number of allylic oxidation sites excluding steroid dienone is 2. The summed E-state index contributed by atoms with van der Waals surface area (Å²) in [7, 11) is -3.08. The predicted octanol–water partition coefficient (Wildman–Crippen LogP) is 5.83. The van der Waals surface area contributed by atoms with Crippen molar-refractivity contribution in [3.05, 3.63) is 12.2 Å². The van der Waals surface area contributed by atoms with Crippen LogP contribution in [0.15, 0.2) is 16.5 Å². The molecule has 1 aliphatic heterocycles. The molecule has 0 aromatic heterocycles. The summed E-state index contributed by atoms with van der Waals surface area (Å²) in [5, 5.41) is 3.69. The molecule has 0 amide bonds. The molecule has 1 saturated heterocycles. The molecule has 6 rings (SSSR count). The van der Waals surface area contributed by atoms with Gasteiger partial charge in [0.25, 0.3) is 0 Å². The minimum Gasteiger partial charge on any atom is -0.386 e. The first-order valence-corrected chi connectivity index (χ1v) is 17.7. The van der Waals surface area contributed by atoms with Crippen molar-refractivity contribution < 1.29 is 8.60 Å². The fourth-order valence-corrected chi connectivity index (χ4v) is 10.1. The number of nitrogens with one attached hydrogen (secondary N) is 2. The molecule has 39 heavy (non-hydrogen) atoms. The van der Waals surface area contributed by atoms with Crippen LogP contribution in [0.5, 0.6) is 0 Å². The Morgan fingerprint density at radius 2 is 1.85 bits per heavy atom. The smallest absolute Gasteiger partial charge is 0.152 e. The fraction of sp³-hybridized carbons (Fsp3) is 0.903. The van der Waals surface area contributed by atoms with E-state index >= 15 is 4.39 Å². The van der Waals surface area contributed by atoms with Crippen LogP contribution in [-0.2, 0) is 9.92 Å². The van der Waals surface area contributed by atoms with Crippen molar-refractivity contribution in [2.75, 3.05) is 19.6 Å². The Kier molecular flexibility index (Phi) is 8.19. The van der Waals surface area contributed by atoms with E-state index in [2.05, 4.69) is 33.7 Å². The third-order valence-electron chi connectivity index (χ3n) is 11.1. The summed E-state index contributed by atoms with van der Waals surface area (Å²) in [5.41, 5.74) is 6.49. The van der Waals surface area contributed by atoms with Gasteiger partial charge >= 0.3 is 0 Å². The van der Waals surface area contributed by atoms with Gasteiger partial charge in [-0.05, 0) is 94.3 Å². The lowest BCUT2D eigenvalue weighted by Crippen LogP contribution is -2.65. The van der Waals surface area contributed by atoms with Crippen molar-refractivity contribution in [1.29, 1.82) is 4.78 Å². The van der Waals surface area contributed by atoms with Crippen molar-refractivity contribution in [2.45, 2.75) is 120 Å². The van der Waals surface area contributed by atoms with Crippen LogP contribution in [0.3, 0.4) is 0 Å². The second kappa shape index (κ2) is 11.4. The van der Waals surface area contributed by atoms with E-state index in [1.807, 2.05) is 0 Å². The molecule has 1 heterocycles. The zero-order chi connectivity index (χ0) is 27.2. The Hall–Kier alpha value is -0.990. The van der Waals surface area contributed by atoms with E-state index in [1.54, 1.807) is 0 Å². The third-order valence-corrected chi connectivity index (χ3v) is 12.9. The van der Waals surface area contributed by atoms with Crippen LogP contribution in [0, 0.1) is 39.8 Å². The average molecular weight is 562 g/mol. The Balaban J connectivity index is 1.06. The van der Waals surface area contributed by atoms with Gasteiger partial charge in [-0.15, -0.1) is 0 Å². The van der Waals surface area contributed by atoms with Crippen LogP contribution in [-0.4, -0.2) is 58.1 Å². The molecule has 7 atom stereocenters. The number of halogens is 1. The molecule has 0 bridgehead atoms. The predicted molar refractivity (Wildman–Crippen MR) is 158 cm³/mol. The van der Waals surface area contributed by atoms with Crippen LogP contribution < -0.4 is 11.1 Å². The zero-order valence-electron chi connectivity index (χ0n) is 24.0. The van der Waals surface area contributed by atoms with Gasteiger partial charge in [0.2, 0.25) is 0 Å². The van der Waals surface area contributed by atoms with E-state index in [0.29, 0.717) is 24.7 Å². The first-order valence-electron chi connectivity index (χ1n) is 16.1. The van der Waals surface area contributed by atoms with Crippen LogP contribution in [0.1, 0.15) is 96.8 Å². The van der Waals surface area contributed by atoms with Gasteiger partial charge in [-0.1, -0.05) is 38.3 Å². The van der Waals surface area contributed by atoms with Gasteiger partial charge in [-0.2, -0.15) is 4.40 Å². The van der Waals surface area contributed by atoms with Gasteiger partial charge in [-0.25, -0.2) is 13.4 Å². The maximum Gasteiger partial charge on any atom is 0.152 e. The molecule has 5 aliphatic carbocycles. The summed E-state index contributed by atoms with van der Waals surface area (Å²) >= 11 is 0. The largest absolute Gasteiger partial charge is 0.386 e. The number of amidine groups is 1. The summed E-state index contributed by atoms with van der Waals surface area (Å²) in [6, 6.07) is 0.905. The summed E-state index contributed by atoms with van der Waals surface area (Å²) in [4.78, 5) is 2.82. The van der Waals surface area contributed by atoms with Crippen molar-refractivity contribution >= 4 is 15.8 Å². The SMILES string of the molecule is CC1(CNC2CC(F)C(C(N)=NS(=N)(=O)C3CC3)CC2C2CC2)CN(C(C2CC=CCC2)C2CCCCC2)C1. The van der Waals surface area contributed by atoms with E-state index in [0.717, 1.165) is 50.4 Å². The summed E-state index contributed by atoms with van der Waals surface area (Å²) in [5.74, 6) is 2.33. The second-order valence-electron chi connectivity index (χ2n) is 14.5. The number of hydrogen-bond acceptors (Lipinski definition) is 4. The number of nitrogens with zero attached hydrogens (tertiary/aromatic N) is 2. The molecular weight excluding hydrogens is 509 g/mol. The standard InChI is InChI=1S/C31H52FN5OS/c1-31(19-37(20-31)29(22-8-4-2-5-9-22)23-10-6-3-7-11-23)18-35-28-17-27(32)26(16-25(28)21-12-13-21)30(33)36-39(34,38)24-14-15-24/h2,4,21-29,35H,3,5-20H2,1H3,(H3,33,34,36,38). The first kappa shape index (κ1) is 28.1. The van der Waals surface area contributed by atoms with Crippen molar-refractivity contribution in [3.8, 4) is 0 Å². The highest BCUT2D eigenvalue weighted by atomic mass is 32.2. The van der Waals surface area contributed by atoms with E-state index in [-0.39, 0.29) is 22.5 Å². The lowest BCUT2D eigenvalue weighted by Gasteiger charge is -2.56. The molecule has 0 aromatic carbocycles. The van der Waals surface area contributed by atoms with Gasteiger partial charge in [-0.3, -0.25) is 4.90 Å². The van der Waals surface area contributed by atoms with Crippen LogP contribution in [0.4, 0.5) is 4.39 Å². The second-order valence-corrected chi connectivity index (χ2v) is 16.5. The molecule has 220 valence electrons. The highest BCUT2D eigenvalue weighted by Crippen LogP contribution is 2.47. The summed E-state index contributed by atoms with van der Waals surface area (Å²) in [6.45, 7) is 5.68. The quantitative estimate of drug-likeness (QED) is 0.178. The highest BCUT2D eigenvalue weighted by Gasteiger charge is 2.49. The molecule has 0 radical (unpaired) electrons. The minimum atomic E-state index is -3.08. The molecule has 0 spiro atoms. The van der Waals surface area contributed by atoms with E-state index in [9.17, 15) is 4.21 Å². The van der Waals surface area contributed by atoms with Gasteiger partial charge in [0.05, 0.1) is 5.25 Å². The van der Waals surface area contributed by atoms with Crippen LogP contribution in [0.25, 0.3) is 0 Å². The Labute approximate surface area is 236 Å². The monoisotopic (exact) mass is 561 g/mol. The first-order chi connectivity index (χ1) is 18.7. The number of nitrogens with two attached hydrogens (primary N) is 1. The molecule has 4 saturated carbocycles. The van der Waals surface area contributed by atoms with Gasteiger partial charge in [0, 0.05) is 43.1 Å². The fourth-order valence-electron chi connectivity index (χ4n) is 8.68. The number of alkyl halides is 1. The number of hydrogen-bond donors (Lipinski definition) is 3. The van der Waals surface area contributed by atoms with Crippen molar-refractivity contribution in [1.82, 2.24) is 10.2 Å². The van der Waals surface area contributed by atoms with Crippen molar-refractivity contribution in [3.63, 3.8) is 0 Å². The lowest BCUT2D eigenvalue weighted by molar-refractivity contribution is -0.0663. The normalized spacial score (nSPS) is 38.6. The molecule has 7 unspecified atom stereocenters. The number of rotatable bonds is 10. The summed E-state index contributed by atoms with van der Waals surface area (Å²) in [6.07, 6.45) is 19.7. The van der Waals surface area contributed by atoms with Gasteiger partial charge < -0.3 is 11.1 Å². The Morgan fingerprint density at radius 1 is 1.10 bits per heavy atom. The number of likely N-dealkylation sites (tertiary alicyclic amines) is 1. The highest BCUT2D eigenvalue weighted by molar-refractivity contribution is 7.92. The summed E-state index contributed by atoms with van der Waals surface area (Å²) < 4.78 is 40.3. The molecule has 6 nitrogen and oxygen atoms in total. The van der Waals surface area contributed by atoms with Gasteiger partial charge in [0.15, 0.2) is 9.92 Å². The molecule has 8 heteroatoms. The molecule has 0 aromatic rings. The Bertz CT molecular complexity index is 1030. The van der Waals surface area contributed by atoms with E-state index in [4.69, 9.17) is 10.5 Å². The lowest BCUT2D eigenvalue weighted by atomic mass is 9.70. The van der Waals surface area contributed by atoms with Gasteiger partial charge in [0.1, 0.15) is 12.0 Å². The topological polar surface area (TPSA) is 94.6 Å². The van der Waals surface area contributed by atoms with E-state index < -0.39 is 22.0 Å². The maximum absolute atomic E-state index is 15.5. The third kappa shape index (κ3) is 6.43. The molecule has 5 fully saturated rings. The average Bonchev–Trinajstić information content (AvgIpc) is 3.81. The maximum atomic E-state index is 15.5. The molecular formula is C31H52FN5OS. The molecule has 4 N–H and O–H groups in total. The van der Waals surface area contributed by atoms with E-state index in [1.165, 1.54) is 64.2 Å². The van der Waals surface area contributed by atoms with Crippen LogP contribution >= 0.6 is 0 Å². The minimum absolute atomic E-state index is 0.131. The Morgan fingerprint density at radius 3 is 2.49 bits per heavy atom. The van der Waals surface area contributed by atoms with Crippen molar-refractivity contribution in [2.24, 2.45) is 45.1 Å². The zero-order valence-corrected chi connectivity index (χ0v) is 24.9. The van der Waals surface area contributed by atoms with Crippen LogP contribution in [0.2, 0.25) is 0 Å².